The molecule has 0 saturated heterocycles. The number of nitrogens with zero attached hydrogens (tertiary/aromatic N) is 2. The molecule has 1 amide bonds. The highest BCUT2D eigenvalue weighted by Gasteiger charge is 2.10. The van der Waals surface area contributed by atoms with Gasteiger partial charge in [-0.2, -0.15) is 5.26 Å². The summed E-state index contributed by atoms with van der Waals surface area (Å²) in [6, 6.07) is 1.95. The molecule has 0 heterocycles. The fraction of sp³-hybridized carbons (Fsp3) is 0.700. The largest absolute Gasteiger partial charge is 0.466 e. The van der Waals surface area contributed by atoms with Gasteiger partial charge in [0, 0.05) is 13.6 Å². The standard InChI is InChI=1S/C10H16N2O3S/c1-3-15-10(14)4-6-12(2)9(13)8-16-7-5-11/h3-4,6-8H2,1-2H3. The van der Waals surface area contributed by atoms with Gasteiger partial charge in [0.05, 0.1) is 30.6 Å². The predicted octanol–water partition coefficient (Wildman–Crippen LogP) is 0.655. The van der Waals surface area contributed by atoms with Gasteiger partial charge < -0.3 is 9.64 Å². The maximum atomic E-state index is 11.4. The molecule has 0 fully saturated rings. The Labute approximate surface area is 99.7 Å². The lowest BCUT2D eigenvalue weighted by atomic mass is 10.4. The molecule has 0 saturated carbocycles. The van der Waals surface area contributed by atoms with Gasteiger partial charge in [-0.25, -0.2) is 0 Å². The van der Waals surface area contributed by atoms with E-state index in [4.69, 9.17) is 10.00 Å². The minimum atomic E-state index is -0.299. The molecule has 0 aromatic heterocycles. The summed E-state index contributed by atoms with van der Waals surface area (Å²) in [5, 5.41) is 8.30. The monoisotopic (exact) mass is 244 g/mol. The molecule has 0 aliphatic rings. The lowest BCUT2D eigenvalue weighted by Crippen LogP contribution is -2.30. The van der Waals surface area contributed by atoms with Gasteiger partial charge in [-0.05, 0) is 6.92 Å². The Morgan fingerprint density at radius 2 is 2.19 bits per heavy atom. The second kappa shape index (κ2) is 9.04. The van der Waals surface area contributed by atoms with E-state index in [2.05, 4.69) is 0 Å². The van der Waals surface area contributed by atoms with Crippen molar-refractivity contribution in [2.45, 2.75) is 13.3 Å². The highest BCUT2D eigenvalue weighted by atomic mass is 32.2. The lowest BCUT2D eigenvalue weighted by molar-refractivity contribution is -0.143. The molecular formula is C10H16N2O3S. The number of carbonyl (C=O) groups is 2. The summed E-state index contributed by atoms with van der Waals surface area (Å²) in [6.07, 6.45) is 0.207. The fourth-order valence-corrected chi connectivity index (χ4v) is 1.50. The molecule has 0 aliphatic heterocycles. The van der Waals surface area contributed by atoms with Crippen molar-refractivity contribution in [3.8, 4) is 6.07 Å². The first-order valence-corrected chi connectivity index (χ1v) is 6.11. The molecule has 0 N–H and O–H groups in total. The van der Waals surface area contributed by atoms with Crippen molar-refractivity contribution in [1.29, 1.82) is 5.26 Å². The molecule has 0 radical (unpaired) electrons. The van der Waals surface area contributed by atoms with Crippen LogP contribution in [0, 0.1) is 11.3 Å². The second-order valence-electron chi connectivity index (χ2n) is 3.02. The lowest BCUT2D eigenvalue weighted by Gasteiger charge is -2.15. The predicted molar refractivity (Wildman–Crippen MR) is 61.8 cm³/mol. The normalized spacial score (nSPS) is 9.31. The zero-order valence-corrected chi connectivity index (χ0v) is 10.4. The van der Waals surface area contributed by atoms with Gasteiger partial charge in [-0.15, -0.1) is 11.8 Å². The molecule has 6 heteroatoms. The highest BCUT2D eigenvalue weighted by molar-refractivity contribution is 8.00. The number of esters is 1. The first-order chi connectivity index (χ1) is 7.61. The molecule has 5 nitrogen and oxygen atoms in total. The number of nitriles is 1. The minimum Gasteiger partial charge on any atom is -0.466 e. The van der Waals surface area contributed by atoms with Crippen LogP contribution in [-0.4, -0.2) is 48.5 Å². The zero-order valence-electron chi connectivity index (χ0n) is 9.56. The topological polar surface area (TPSA) is 70.4 Å². The van der Waals surface area contributed by atoms with Crippen LogP contribution in [0.1, 0.15) is 13.3 Å². The summed E-state index contributed by atoms with van der Waals surface area (Å²) in [6.45, 7) is 2.45. The van der Waals surface area contributed by atoms with Crippen LogP contribution in [0.4, 0.5) is 0 Å². The Kier molecular flexibility index (Phi) is 8.35. The number of carbonyl (C=O) groups excluding carboxylic acids is 2. The van der Waals surface area contributed by atoms with E-state index in [1.807, 2.05) is 6.07 Å². The average Bonchev–Trinajstić information content (AvgIpc) is 2.26. The molecule has 0 rings (SSSR count). The quantitative estimate of drug-likeness (QED) is 0.486. The van der Waals surface area contributed by atoms with E-state index in [1.165, 1.54) is 16.7 Å². The summed E-state index contributed by atoms with van der Waals surface area (Å²) in [4.78, 5) is 23.9. The van der Waals surface area contributed by atoms with Crippen molar-refractivity contribution >= 4 is 23.6 Å². The molecule has 0 bridgehead atoms. The number of ether oxygens (including phenoxy) is 1. The number of amides is 1. The molecule has 0 aromatic rings. The fourth-order valence-electron chi connectivity index (χ4n) is 0.911. The van der Waals surface area contributed by atoms with Gasteiger partial charge >= 0.3 is 5.97 Å². The van der Waals surface area contributed by atoms with Crippen molar-refractivity contribution in [2.24, 2.45) is 0 Å². The number of thioether (sulfide) groups is 1. The van der Waals surface area contributed by atoms with E-state index >= 15 is 0 Å². The third-order valence-corrected chi connectivity index (χ3v) is 2.56. The van der Waals surface area contributed by atoms with Gasteiger partial charge in [0.15, 0.2) is 0 Å². The van der Waals surface area contributed by atoms with Crippen LogP contribution in [0.15, 0.2) is 0 Å². The van der Waals surface area contributed by atoms with Crippen LogP contribution in [0.2, 0.25) is 0 Å². The molecule has 0 unspecified atom stereocenters. The first kappa shape index (κ1) is 14.8. The van der Waals surface area contributed by atoms with Crippen molar-refractivity contribution in [3.63, 3.8) is 0 Å². The molecule has 90 valence electrons. The average molecular weight is 244 g/mol. The maximum absolute atomic E-state index is 11.4. The van der Waals surface area contributed by atoms with Gasteiger partial charge in [-0.1, -0.05) is 0 Å². The van der Waals surface area contributed by atoms with Gasteiger partial charge in [0.2, 0.25) is 5.91 Å². The third kappa shape index (κ3) is 7.12. The van der Waals surface area contributed by atoms with E-state index in [0.717, 1.165) is 0 Å². The van der Waals surface area contributed by atoms with Crippen molar-refractivity contribution < 1.29 is 14.3 Å². The zero-order chi connectivity index (χ0) is 12.4. The number of hydrogen-bond acceptors (Lipinski definition) is 5. The Hall–Kier alpha value is -1.22. The molecule has 0 aliphatic carbocycles. The van der Waals surface area contributed by atoms with E-state index < -0.39 is 0 Å². The van der Waals surface area contributed by atoms with Crippen LogP contribution < -0.4 is 0 Å². The van der Waals surface area contributed by atoms with Gasteiger partial charge in [0.1, 0.15) is 0 Å². The maximum Gasteiger partial charge on any atom is 0.307 e. The van der Waals surface area contributed by atoms with E-state index in [9.17, 15) is 9.59 Å². The Morgan fingerprint density at radius 3 is 2.75 bits per heavy atom. The van der Waals surface area contributed by atoms with Crippen molar-refractivity contribution in [1.82, 2.24) is 4.90 Å². The highest BCUT2D eigenvalue weighted by Crippen LogP contribution is 2.01. The number of hydrogen-bond donors (Lipinski definition) is 0. The third-order valence-electron chi connectivity index (χ3n) is 1.77. The number of rotatable bonds is 7. The van der Waals surface area contributed by atoms with Crippen LogP contribution in [0.25, 0.3) is 0 Å². The summed E-state index contributed by atoms with van der Waals surface area (Å²) < 4.78 is 4.75. The van der Waals surface area contributed by atoms with Crippen LogP contribution in [0.5, 0.6) is 0 Å². The summed E-state index contributed by atoms with van der Waals surface area (Å²) in [7, 11) is 1.63. The van der Waals surface area contributed by atoms with Crippen LogP contribution in [-0.2, 0) is 14.3 Å². The smallest absolute Gasteiger partial charge is 0.307 e. The van der Waals surface area contributed by atoms with Crippen LogP contribution >= 0.6 is 11.8 Å². The van der Waals surface area contributed by atoms with Crippen molar-refractivity contribution in [2.75, 3.05) is 31.7 Å². The summed E-state index contributed by atoms with van der Waals surface area (Å²) in [5.74, 6) is 0.195. The van der Waals surface area contributed by atoms with Crippen LogP contribution in [0.3, 0.4) is 0 Å². The summed E-state index contributed by atoms with van der Waals surface area (Å²) >= 11 is 1.27. The molecule has 0 atom stereocenters. The molecule has 0 spiro atoms. The van der Waals surface area contributed by atoms with E-state index in [1.54, 1.807) is 14.0 Å². The minimum absolute atomic E-state index is 0.0791. The Morgan fingerprint density at radius 1 is 1.50 bits per heavy atom. The Balaban J connectivity index is 3.71. The molecule has 16 heavy (non-hydrogen) atoms. The van der Waals surface area contributed by atoms with E-state index in [0.29, 0.717) is 18.9 Å². The van der Waals surface area contributed by atoms with E-state index in [-0.39, 0.29) is 24.1 Å². The summed E-state index contributed by atoms with van der Waals surface area (Å²) in [5.41, 5.74) is 0. The molecular weight excluding hydrogens is 228 g/mol. The van der Waals surface area contributed by atoms with Gasteiger partial charge in [-0.3, -0.25) is 9.59 Å². The van der Waals surface area contributed by atoms with Crippen molar-refractivity contribution in [3.05, 3.63) is 0 Å². The molecule has 0 aromatic carbocycles. The Bertz CT molecular complexity index is 276. The SMILES string of the molecule is CCOC(=O)CCN(C)C(=O)CSCC#N. The first-order valence-electron chi connectivity index (χ1n) is 4.96. The second-order valence-corrected chi connectivity index (χ2v) is 4.01. The van der Waals surface area contributed by atoms with Gasteiger partial charge in [0.25, 0.3) is 0 Å².